The molecule has 2 unspecified atom stereocenters. The molecule has 0 spiro atoms. The fraction of sp³-hybridized carbons (Fsp3) is 0.190. The summed E-state index contributed by atoms with van der Waals surface area (Å²) in [6, 6.07) is 11.4. The summed E-state index contributed by atoms with van der Waals surface area (Å²) in [5.74, 6) is -3.11. The van der Waals surface area contributed by atoms with Gasteiger partial charge >= 0.3 is 6.18 Å². The van der Waals surface area contributed by atoms with Crippen molar-refractivity contribution in [2.75, 3.05) is 6.26 Å². The van der Waals surface area contributed by atoms with E-state index in [2.05, 4.69) is 5.32 Å². The number of halogens is 4. The maximum Gasteiger partial charge on any atom is 0.399 e. The first-order chi connectivity index (χ1) is 14.4. The molecule has 164 valence electrons. The van der Waals surface area contributed by atoms with Crippen LogP contribution in [-0.4, -0.2) is 32.8 Å². The van der Waals surface area contributed by atoms with Gasteiger partial charge in [-0.05, 0) is 40.6 Å². The summed E-state index contributed by atoms with van der Waals surface area (Å²) >= 11 is 5.88. The second-order valence-corrected chi connectivity index (χ2v) is 9.23. The highest BCUT2D eigenvalue weighted by Gasteiger charge is 2.49. The van der Waals surface area contributed by atoms with Gasteiger partial charge in [0.25, 0.3) is 0 Å². The van der Waals surface area contributed by atoms with E-state index in [1.54, 1.807) is 6.07 Å². The fourth-order valence-corrected chi connectivity index (χ4v) is 4.21. The van der Waals surface area contributed by atoms with Crippen LogP contribution >= 0.6 is 11.6 Å². The van der Waals surface area contributed by atoms with Crippen LogP contribution in [0.25, 0.3) is 16.8 Å². The first-order valence-electron chi connectivity index (χ1n) is 9.03. The molecule has 0 heterocycles. The number of allylic oxidation sites excluding steroid dienone is 2. The Morgan fingerprint density at radius 3 is 2.45 bits per heavy atom. The molecule has 2 N–H and O–H groups in total. The summed E-state index contributed by atoms with van der Waals surface area (Å²) in [6.45, 7) is 0. The van der Waals surface area contributed by atoms with Crippen molar-refractivity contribution in [3.63, 3.8) is 0 Å². The van der Waals surface area contributed by atoms with Gasteiger partial charge in [-0.25, -0.2) is 13.1 Å². The molecule has 0 saturated carbocycles. The topological polar surface area (TPSA) is 75.3 Å². The van der Waals surface area contributed by atoms with Gasteiger partial charge in [0, 0.05) is 16.8 Å². The standard InChI is InChI=1S/C21H18ClF3N2O3S/c1-31(29,30)27-18-12-16(22)11-17(20(18)21(23,24)25)26-19(28)9-7-13-6-8-14-4-2-3-5-15(14)10-13/h2-12,18,20,27H,1H3,(H,26,28)/b9-7+. The van der Waals surface area contributed by atoms with Crippen molar-refractivity contribution in [3.8, 4) is 0 Å². The lowest BCUT2D eigenvalue weighted by molar-refractivity contribution is -0.168. The van der Waals surface area contributed by atoms with Gasteiger partial charge in [0.15, 0.2) is 0 Å². The zero-order valence-corrected chi connectivity index (χ0v) is 17.7. The predicted molar refractivity (Wildman–Crippen MR) is 114 cm³/mol. The molecule has 3 rings (SSSR count). The van der Waals surface area contributed by atoms with Crippen LogP contribution in [0.15, 0.2) is 71.4 Å². The number of sulfonamides is 1. The lowest BCUT2D eigenvalue weighted by Gasteiger charge is -2.32. The molecular weight excluding hydrogens is 453 g/mol. The van der Waals surface area contributed by atoms with E-state index in [9.17, 15) is 26.4 Å². The molecule has 2 aromatic rings. The van der Waals surface area contributed by atoms with E-state index in [0.717, 1.165) is 35.3 Å². The summed E-state index contributed by atoms with van der Waals surface area (Å²) < 4.78 is 65.9. The summed E-state index contributed by atoms with van der Waals surface area (Å²) in [4.78, 5) is 12.3. The number of nitrogens with one attached hydrogen (secondary N) is 2. The molecule has 0 fully saturated rings. The molecule has 2 atom stereocenters. The summed E-state index contributed by atoms with van der Waals surface area (Å²) in [7, 11) is -3.96. The van der Waals surface area contributed by atoms with Gasteiger partial charge in [-0.3, -0.25) is 4.79 Å². The zero-order chi connectivity index (χ0) is 22.8. The molecule has 1 aliphatic carbocycles. The number of hydrogen-bond donors (Lipinski definition) is 2. The van der Waals surface area contributed by atoms with Crippen LogP contribution in [0.2, 0.25) is 0 Å². The predicted octanol–water partition coefficient (Wildman–Crippen LogP) is 4.09. The van der Waals surface area contributed by atoms with Gasteiger partial charge in [-0.15, -0.1) is 0 Å². The Kier molecular flexibility index (Phi) is 6.59. The quantitative estimate of drug-likeness (QED) is 0.646. The van der Waals surface area contributed by atoms with E-state index in [1.807, 2.05) is 41.1 Å². The third kappa shape index (κ3) is 6.19. The van der Waals surface area contributed by atoms with Gasteiger partial charge in [0.05, 0.1) is 12.3 Å². The van der Waals surface area contributed by atoms with Crippen molar-refractivity contribution < 1.29 is 26.4 Å². The van der Waals surface area contributed by atoms with Crippen molar-refractivity contribution in [3.05, 3.63) is 77.0 Å². The van der Waals surface area contributed by atoms with Gasteiger partial charge in [-0.2, -0.15) is 13.2 Å². The largest absolute Gasteiger partial charge is 0.399 e. The Balaban J connectivity index is 1.81. The molecule has 0 bridgehead atoms. The van der Waals surface area contributed by atoms with E-state index >= 15 is 0 Å². The van der Waals surface area contributed by atoms with E-state index in [0.29, 0.717) is 5.56 Å². The van der Waals surface area contributed by atoms with Gasteiger partial charge in [0.1, 0.15) is 5.92 Å². The normalized spacial score (nSPS) is 19.9. The molecule has 0 saturated heterocycles. The minimum absolute atomic E-state index is 0.129. The van der Waals surface area contributed by atoms with E-state index in [-0.39, 0.29) is 5.03 Å². The number of hydrogen-bond acceptors (Lipinski definition) is 3. The van der Waals surface area contributed by atoms with Crippen molar-refractivity contribution in [2.24, 2.45) is 5.92 Å². The average Bonchev–Trinajstić information content (AvgIpc) is 2.63. The minimum Gasteiger partial charge on any atom is -0.325 e. The highest BCUT2D eigenvalue weighted by Crippen LogP contribution is 2.38. The Bertz CT molecular complexity index is 1200. The molecule has 0 radical (unpaired) electrons. The molecule has 10 heteroatoms. The maximum atomic E-state index is 13.7. The van der Waals surface area contributed by atoms with Crippen LogP contribution in [0, 0.1) is 5.92 Å². The van der Waals surface area contributed by atoms with Crippen molar-refractivity contribution in [2.45, 2.75) is 12.2 Å². The Labute approximate surface area is 182 Å². The van der Waals surface area contributed by atoms with E-state index in [1.165, 1.54) is 6.08 Å². The van der Waals surface area contributed by atoms with Crippen LogP contribution in [0.5, 0.6) is 0 Å². The first kappa shape index (κ1) is 23.1. The third-order valence-electron chi connectivity index (χ3n) is 4.50. The molecule has 0 aromatic heterocycles. The van der Waals surface area contributed by atoms with Gasteiger partial charge in [-0.1, -0.05) is 48.0 Å². The number of alkyl halides is 3. The first-order valence-corrected chi connectivity index (χ1v) is 11.3. The zero-order valence-electron chi connectivity index (χ0n) is 16.2. The highest BCUT2D eigenvalue weighted by molar-refractivity contribution is 7.88. The Morgan fingerprint density at radius 1 is 1.13 bits per heavy atom. The van der Waals surface area contributed by atoms with Crippen molar-refractivity contribution in [1.29, 1.82) is 0 Å². The molecule has 1 amide bonds. The number of rotatable bonds is 5. The third-order valence-corrected chi connectivity index (χ3v) is 5.43. The van der Waals surface area contributed by atoms with Crippen LogP contribution < -0.4 is 10.0 Å². The smallest absolute Gasteiger partial charge is 0.325 e. The number of fused-ring (bicyclic) bond motifs is 1. The van der Waals surface area contributed by atoms with Crippen LogP contribution in [0.1, 0.15) is 5.56 Å². The molecule has 5 nitrogen and oxygen atoms in total. The Morgan fingerprint density at radius 2 is 1.81 bits per heavy atom. The highest BCUT2D eigenvalue weighted by atomic mass is 35.5. The average molecular weight is 471 g/mol. The van der Waals surface area contributed by atoms with Gasteiger partial charge < -0.3 is 5.32 Å². The van der Waals surface area contributed by atoms with Crippen molar-refractivity contribution >= 4 is 44.4 Å². The minimum atomic E-state index is -4.84. The van der Waals surface area contributed by atoms with E-state index in [4.69, 9.17) is 11.6 Å². The maximum absolute atomic E-state index is 13.7. The molecule has 1 aliphatic rings. The second kappa shape index (κ2) is 8.86. The van der Waals surface area contributed by atoms with Gasteiger partial charge in [0.2, 0.25) is 15.9 Å². The second-order valence-electron chi connectivity index (χ2n) is 7.02. The number of carbonyl (C=O) groups excluding carboxylic acids is 1. The van der Waals surface area contributed by atoms with Crippen LogP contribution in [-0.2, 0) is 14.8 Å². The Hall–Kier alpha value is -2.62. The molecule has 2 aromatic carbocycles. The fourth-order valence-electron chi connectivity index (χ4n) is 3.26. The lowest BCUT2D eigenvalue weighted by Crippen LogP contribution is -2.49. The van der Waals surface area contributed by atoms with E-state index < -0.39 is 39.8 Å². The summed E-state index contributed by atoms with van der Waals surface area (Å²) in [5, 5.41) is 4.01. The number of carbonyl (C=O) groups is 1. The van der Waals surface area contributed by atoms with Crippen LogP contribution in [0.3, 0.4) is 0 Å². The number of benzene rings is 2. The SMILES string of the molecule is CS(=O)(=O)NC1C=C(Cl)C=C(NC(=O)/C=C/c2ccc3ccccc3c2)C1C(F)(F)F. The summed E-state index contributed by atoms with van der Waals surface area (Å²) in [6.07, 6.45) is 0.382. The van der Waals surface area contributed by atoms with Crippen LogP contribution in [0.4, 0.5) is 13.2 Å². The lowest BCUT2D eigenvalue weighted by atomic mass is 9.91. The van der Waals surface area contributed by atoms with Crippen molar-refractivity contribution in [1.82, 2.24) is 10.0 Å². The molecule has 31 heavy (non-hydrogen) atoms. The molecular formula is C21H18ClF3N2O3S. The molecule has 0 aliphatic heterocycles. The summed E-state index contributed by atoms with van der Waals surface area (Å²) in [5.41, 5.74) is 0.141. The monoisotopic (exact) mass is 470 g/mol. The number of amides is 1.